The molecule has 0 fully saturated rings. The van der Waals surface area contributed by atoms with Gasteiger partial charge in [0.05, 0.1) is 7.11 Å². The largest absolute Gasteiger partial charge is 0.497 e. The quantitative estimate of drug-likeness (QED) is 0.835. The Kier molecular flexibility index (Phi) is 6.72. The Balaban J connectivity index is 2.86. The summed E-state index contributed by atoms with van der Waals surface area (Å²) in [5.74, 6) is 0.598. The van der Waals surface area contributed by atoms with Crippen molar-refractivity contribution in [2.45, 2.75) is 39.8 Å². The van der Waals surface area contributed by atoms with Gasteiger partial charge in [-0.3, -0.25) is 9.59 Å². The van der Waals surface area contributed by atoms with Gasteiger partial charge in [-0.05, 0) is 31.5 Å². The Morgan fingerprint density at radius 3 is 2.33 bits per heavy atom. The molecule has 1 aromatic carbocycles. The molecular formula is C16H24N2O3. The van der Waals surface area contributed by atoms with Crippen molar-refractivity contribution in [3.8, 4) is 5.75 Å². The number of nitrogens with one attached hydrogen (secondary N) is 1. The predicted octanol–water partition coefficient (Wildman–Crippen LogP) is 1.96. The summed E-state index contributed by atoms with van der Waals surface area (Å²) in [6, 6.07) is 7.01. The number of methoxy groups -OCH3 is 1. The predicted molar refractivity (Wildman–Crippen MR) is 82.0 cm³/mol. The molecule has 21 heavy (non-hydrogen) atoms. The maximum absolute atomic E-state index is 12.1. The Bertz CT molecular complexity index is 471. The number of carbonyl (C=O) groups is 2. The maximum atomic E-state index is 12.1. The molecule has 0 spiro atoms. The summed E-state index contributed by atoms with van der Waals surface area (Å²) in [5, 5.41) is 2.76. The third-order valence-corrected chi connectivity index (χ3v) is 3.33. The van der Waals surface area contributed by atoms with Crippen LogP contribution < -0.4 is 10.1 Å². The number of nitrogens with zero attached hydrogens (tertiary/aromatic N) is 1. The molecule has 1 N–H and O–H groups in total. The molecule has 1 rings (SSSR count). The number of ether oxygens (including phenoxy) is 1. The van der Waals surface area contributed by atoms with Crippen LogP contribution in [0, 0.1) is 0 Å². The summed E-state index contributed by atoms with van der Waals surface area (Å²) < 4.78 is 5.12. The topological polar surface area (TPSA) is 58.6 Å². The van der Waals surface area contributed by atoms with E-state index in [1.165, 1.54) is 0 Å². The Labute approximate surface area is 126 Å². The van der Waals surface area contributed by atoms with E-state index in [4.69, 9.17) is 4.74 Å². The normalized spacial score (nSPS) is 11.6. The fraction of sp³-hybridized carbons (Fsp3) is 0.500. The first kappa shape index (κ1) is 17.0. The third kappa shape index (κ3) is 4.77. The second-order valence-electron chi connectivity index (χ2n) is 4.79. The van der Waals surface area contributed by atoms with Gasteiger partial charge < -0.3 is 15.0 Å². The lowest BCUT2D eigenvalue weighted by molar-refractivity contribution is -0.140. The first-order valence-corrected chi connectivity index (χ1v) is 7.23. The Morgan fingerprint density at radius 2 is 1.86 bits per heavy atom. The SMILES string of the molecule is CCNC(=O)[C@H](C)N(Cc1ccc(OC)cc1)C(=O)CC. The summed E-state index contributed by atoms with van der Waals surface area (Å²) in [6.07, 6.45) is 0.375. The molecule has 0 saturated heterocycles. The number of hydrogen-bond donors (Lipinski definition) is 1. The molecule has 0 saturated carbocycles. The van der Waals surface area contributed by atoms with Crippen LogP contribution in [0.15, 0.2) is 24.3 Å². The van der Waals surface area contributed by atoms with Crippen molar-refractivity contribution in [2.24, 2.45) is 0 Å². The molecule has 0 unspecified atom stereocenters. The summed E-state index contributed by atoms with van der Waals surface area (Å²) in [4.78, 5) is 25.7. The fourth-order valence-electron chi connectivity index (χ4n) is 2.04. The van der Waals surface area contributed by atoms with E-state index in [0.29, 0.717) is 19.5 Å². The van der Waals surface area contributed by atoms with E-state index in [1.54, 1.807) is 25.9 Å². The molecule has 0 aliphatic carbocycles. The number of hydrogen-bond acceptors (Lipinski definition) is 3. The number of amides is 2. The molecule has 1 atom stereocenters. The zero-order chi connectivity index (χ0) is 15.8. The molecule has 1 aromatic rings. The average Bonchev–Trinajstić information content (AvgIpc) is 2.52. The fourth-order valence-corrected chi connectivity index (χ4v) is 2.04. The highest BCUT2D eigenvalue weighted by Crippen LogP contribution is 2.15. The highest BCUT2D eigenvalue weighted by Gasteiger charge is 2.24. The first-order chi connectivity index (χ1) is 10.0. The van der Waals surface area contributed by atoms with Crippen LogP contribution in [0.4, 0.5) is 0 Å². The highest BCUT2D eigenvalue weighted by molar-refractivity contribution is 5.87. The van der Waals surface area contributed by atoms with Crippen molar-refractivity contribution in [3.05, 3.63) is 29.8 Å². The number of benzene rings is 1. The standard InChI is InChI=1S/C16H24N2O3/c1-5-15(19)18(12(3)16(20)17-6-2)11-13-7-9-14(21-4)10-8-13/h7-10,12H,5-6,11H2,1-4H3,(H,17,20)/t12-/m0/s1. The van der Waals surface area contributed by atoms with Crippen LogP contribution in [0.2, 0.25) is 0 Å². The van der Waals surface area contributed by atoms with E-state index in [-0.39, 0.29) is 11.8 Å². The van der Waals surface area contributed by atoms with Gasteiger partial charge in [0.1, 0.15) is 11.8 Å². The smallest absolute Gasteiger partial charge is 0.242 e. The van der Waals surface area contributed by atoms with Crippen molar-refractivity contribution in [3.63, 3.8) is 0 Å². The van der Waals surface area contributed by atoms with E-state index >= 15 is 0 Å². The van der Waals surface area contributed by atoms with Crippen LogP contribution in [-0.2, 0) is 16.1 Å². The van der Waals surface area contributed by atoms with E-state index in [1.807, 2.05) is 31.2 Å². The molecule has 0 radical (unpaired) electrons. The average molecular weight is 292 g/mol. The van der Waals surface area contributed by atoms with Gasteiger partial charge in [0.15, 0.2) is 0 Å². The Hall–Kier alpha value is -2.04. The van der Waals surface area contributed by atoms with Gasteiger partial charge in [0.2, 0.25) is 11.8 Å². The number of likely N-dealkylation sites (N-methyl/N-ethyl adjacent to an activating group) is 1. The molecule has 5 nitrogen and oxygen atoms in total. The van der Waals surface area contributed by atoms with E-state index in [9.17, 15) is 9.59 Å². The molecule has 0 aliphatic heterocycles. The van der Waals surface area contributed by atoms with Gasteiger partial charge in [0.25, 0.3) is 0 Å². The molecule has 2 amide bonds. The monoisotopic (exact) mass is 292 g/mol. The summed E-state index contributed by atoms with van der Waals surface area (Å²) >= 11 is 0. The molecule has 0 heterocycles. The zero-order valence-corrected chi connectivity index (χ0v) is 13.2. The van der Waals surface area contributed by atoms with Gasteiger partial charge in [-0.25, -0.2) is 0 Å². The Morgan fingerprint density at radius 1 is 1.24 bits per heavy atom. The summed E-state index contributed by atoms with van der Waals surface area (Å²) in [7, 11) is 1.61. The molecule has 0 aliphatic rings. The highest BCUT2D eigenvalue weighted by atomic mass is 16.5. The van der Waals surface area contributed by atoms with Gasteiger partial charge in [-0.15, -0.1) is 0 Å². The third-order valence-electron chi connectivity index (χ3n) is 3.33. The van der Waals surface area contributed by atoms with Crippen molar-refractivity contribution >= 4 is 11.8 Å². The maximum Gasteiger partial charge on any atom is 0.242 e. The van der Waals surface area contributed by atoms with Crippen LogP contribution >= 0.6 is 0 Å². The second-order valence-corrected chi connectivity index (χ2v) is 4.79. The van der Waals surface area contributed by atoms with Crippen molar-refractivity contribution in [1.29, 1.82) is 0 Å². The molecule has 5 heteroatoms. The first-order valence-electron chi connectivity index (χ1n) is 7.23. The lowest BCUT2D eigenvalue weighted by atomic mass is 10.1. The summed E-state index contributed by atoms with van der Waals surface area (Å²) in [6.45, 7) is 6.38. The zero-order valence-electron chi connectivity index (χ0n) is 13.2. The van der Waals surface area contributed by atoms with Crippen molar-refractivity contribution in [1.82, 2.24) is 10.2 Å². The minimum Gasteiger partial charge on any atom is -0.497 e. The number of rotatable bonds is 7. The second kappa shape index (κ2) is 8.29. The van der Waals surface area contributed by atoms with E-state index < -0.39 is 6.04 Å². The van der Waals surface area contributed by atoms with Gasteiger partial charge in [-0.1, -0.05) is 19.1 Å². The van der Waals surface area contributed by atoms with Crippen molar-refractivity contribution < 1.29 is 14.3 Å². The van der Waals surface area contributed by atoms with Crippen LogP contribution in [0.5, 0.6) is 5.75 Å². The molecule has 0 aromatic heterocycles. The van der Waals surface area contributed by atoms with Crippen molar-refractivity contribution in [2.75, 3.05) is 13.7 Å². The van der Waals surface area contributed by atoms with Gasteiger partial charge >= 0.3 is 0 Å². The lowest BCUT2D eigenvalue weighted by Crippen LogP contribution is -2.47. The van der Waals surface area contributed by atoms with Crippen LogP contribution in [0.1, 0.15) is 32.8 Å². The minimum atomic E-state index is -0.487. The minimum absolute atomic E-state index is 0.0374. The molecule has 0 bridgehead atoms. The van der Waals surface area contributed by atoms with Crippen LogP contribution in [-0.4, -0.2) is 36.4 Å². The van der Waals surface area contributed by atoms with Crippen LogP contribution in [0.25, 0.3) is 0 Å². The number of carbonyl (C=O) groups excluding carboxylic acids is 2. The lowest BCUT2D eigenvalue weighted by Gasteiger charge is -2.28. The van der Waals surface area contributed by atoms with E-state index in [0.717, 1.165) is 11.3 Å². The van der Waals surface area contributed by atoms with E-state index in [2.05, 4.69) is 5.32 Å². The van der Waals surface area contributed by atoms with Gasteiger partial charge in [0, 0.05) is 19.5 Å². The molecular weight excluding hydrogens is 268 g/mol. The van der Waals surface area contributed by atoms with Gasteiger partial charge in [-0.2, -0.15) is 0 Å². The molecule has 116 valence electrons. The summed E-state index contributed by atoms with van der Waals surface area (Å²) in [5.41, 5.74) is 0.966. The van der Waals surface area contributed by atoms with Crippen LogP contribution in [0.3, 0.4) is 0 Å².